The number of aromatic hydroxyl groups is 1. The first-order valence-electron chi connectivity index (χ1n) is 9.71. The summed E-state index contributed by atoms with van der Waals surface area (Å²) in [6.45, 7) is 2.52. The van der Waals surface area contributed by atoms with Gasteiger partial charge in [-0.3, -0.25) is 9.69 Å². The molecule has 3 aromatic carbocycles. The van der Waals surface area contributed by atoms with Gasteiger partial charge in [-0.15, -0.1) is 0 Å². The highest BCUT2D eigenvalue weighted by molar-refractivity contribution is 6.31. The number of ether oxygens (including phenoxy) is 1. The van der Waals surface area contributed by atoms with Crippen molar-refractivity contribution in [2.24, 2.45) is 0 Å². The second kappa shape index (κ2) is 8.88. The summed E-state index contributed by atoms with van der Waals surface area (Å²) in [5, 5.41) is 11.5. The van der Waals surface area contributed by atoms with E-state index in [-0.39, 0.29) is 11.7 Å². The molecule has 4 rings (SSSR count). The fourth-order valence-electron chi connectivity index (χ4n) is 3.38. The summed E-state index contributed by atoms with van der Waals surface area (Å²) in [6, 6.07) is 19.4. The SMILES string of the molecule is CCOc1ccc(/C=C2\C=C(c3ccc(Cl)cc3)N(c3ccc(Cl)cc3O)C2=O)cc1. The molecule has 1 amide bonds. The number of benzene rings is 3. The van der Waals surface area contributed by atoms with Crippen molar-refractivity contribution in [2.45, 2.75) is 6.92 Å². The summed E-state index contributed by atoms with van der Waals surface area (Å²) in [5.74, 6) is 0.437. The van der Waals surface area contributed by atoms with Crippen LogP contribution in [0.5, 0.6) is 11.5 Å². The van der Waals surface area contributed by atoms with E-state index in [4.69, 9.17) is 27.9 Å². The summed E-state index contributed by atoms with van der Waals surface area (Å²) < 4.78 is 5.48. The van der Waals surface area contributed by atoms with Crippen molar-refractivity contribution in [3.8, 4) is 11.5 Å². The Kier molecular flexibility index (Phi) is 6.03. The van der Waals surface area contributed by atoms with Gasteiger partial charge in [0.05, 0.1) is 18.0 Å². The van der Waals surface area contributed by atoms with E-state index in [1.165, 1.54) is 11.0 Å². The molecule has 0 saturated carbocycles. The molecular weight excluding hydrogens is 433 g/mol. The normalized spacial score (nSPS) is 14.8. The maximum absolute atomic E-state index is 13.4. The number of rotatable bonds is 5. The average Bonchev–Trinajstić information content (AvgIpc) is 3.06. The van der Waals surface area contributed by atoms with Crippen LogP contribution in [0.2, 0.25) is 10.0 Å². The number of phenols is 1. The number of anilines is 1. The predicted molar refractivity (Wildman–Crippen MR) is 126 cm³/mol. The number of hydrogen-bond donors (Lipinski definition) is 1. The molecule has 1 heterocycles. The second-order valence-electron chi connectivity index (χ2n) is 6.91. The molecule has 1 aliphatic heterocycles. The minimum atomic E-state index is -0.253. The van der Waals surface area contributed by atoms with E-state index in [1.54, 1.807) is 36.4 Å². The molecule has 4 nitrogen and oxygen atoms in total. The first kappa shape index (κ1) is 21.0. The van der Waals surface area contributed by atoms with Gasteiger partial charge in [0.1, 0.15) is 11.5 Å². The summed E-state index contributed by atoms with van der Waals surface area (Å²) in [6.07, 6.45) is 3.61. The highest BCUT2D eigenvalue weighted by Crippen LogP contribution is 2.40. The van der Waals surface area contributed by atoms with E-state index < -0.39 is 0 Å². The highest BCUT2D eigenvalue weighted by atomic mass is 35.5. The van der Waals surface area contributed by atoms with Crippen LogP contribution in [0.3, 0.4) is 0 Å². The van der Waals surface area contributed by atoms with Crippen LogP contribution < -0.4 is 9.64 Å². The van der Waals surface area contributed by atoms with Crippen LogP contribution in [0.25, 0.3) is 11.8 Å². The van der Waals surface area contributed by atoms with Gasteiger partial charge in [-0.1, -0.05) is 47.5 Å². The van der Waals surface area contributed by atoms with Crippen LogP contribution in [0.15, 0.2) is 78.4 Å². The van der Waals surface area contributed by atoms with Gasteiger partial charge in [0.2, 0.25) is 0 Å². The standard InChI is InChI=1S/C25H19Cl2NO3/c1-2-31-21-10-3-16(4-11-21)13-18-14-23(17-5-7-19(26)8-6-17)28(25(18)30)22-12-9-20(27)15-24(22)29/h3-15,29H,2H2,1H3/b18-13+. The molecule has 156 valence electrons. The monoisotopic (exact) mass is 451 g/mol. The Morgan fingerprint density at radius 2 is 1.65 bits per heavy atom. The number of halogens is 2. The second-order valence-corrected chi connectivity index (χ2v) is 7.78. The third kappa shape index (κ3) is 4.46. The van der Waals surface area contributed by atoms with E-state index in [1.807, 2.05) is 43.3 Å². The molecule has 3 aromatic rings. The fraction of sp³-hybridized carbons (Fsp3) is 0.0800. The molecule has 0 spiro atoms. The van der Waals surface area contributed by atoms with Gasteiger partial charge in [-0.25, -0.2) is 0 Å². The topological polar surface area (TPSA) is 49.8 Å². The predicted octanol–water partition coefficient (Wildman–Crippen LogP) is 6.57. The molecule has 0 atom stereocenters. The van der Waals surface area contributed by atoms with Gasteiger partial charge < -0.3 is 9.84 Å². The quantitative estimate of drug-likeness (QED) is 0.446. The fourth-order valence-corrected chi connectivity index (χ4v) is 3.67. The molecule has 31 heavy (non-hydrogen) atoms. The molecular formula is C25H19Cl2NO3. The number of phenolic OH excluding ortho intramolecular Hbond substituents is 1. The third-order valence-corrected chi connectivity index (χ3v) is 5.30. The number of nitrogens with zero attached hydrogens (tertiary/aromatic N) is 1. The van der Waals surface area contributed by atoms with E-state index in [0.717, 1.165) is 16.9 Å². The maximum Gasteiger partial charge on any atom is 0.263 e. The lowest BCUT2D eigenvalue weighted by Gasteiger charge is -2.22. The zero-order chi connectivity index (χ0) is 22.0. The number of carbonyl (C=O) groups excluding carboxylic acids is 1. The lowest BCUT2D eigenvalue weighted by Crippen LogP contribution is -2.25. The summed E-state index contributed by atoms with van der Waals surface area (Å²) >= 11 is 12.0. The molecule has 0 bridgehead atoms. The van der Waals surface area contributed by atoms with Gasteiger partial charge >= 0.3 is 0 Å². The lowest BCUT2D eigenvalue weighted by atomic mass is 10.1. The first-order chi connectivity index (χ1) is 15.0. The summed E-state index contributed by atoms with van der Waals surface area (Å²) in [7, 11) is 0. The summed E-state index contributed by atoms with van der Waals surface area (Å²) in [5.41, 5.74) is 3.13. The number of amides is 1. The Labute approximate surface area is 190 Å². The van der Waals surface area contributed by atoms with E-state index in [9.17, 15) is 9.90 Å². The van der Waals surface area contributed by atoms with Crippen molar-refractivity contribution in [3.05, 3.63) is 99.6 Å². The van der Waals surface area contributed by atoms with Crippen molar-refractivity contribution in [1.29, 1.82) is 0 Å². The molecule has 0 fully saturated rings. The van der Waals surface area contributed by atoms with Crippen molar-refractivity contribution < 1.29 is 14.6 Å². The average molecular weight is 452 g/mol. The molecule has 1 aliphatic rings. The van der Waals surface area contributed by atoms with Crippen molar-refractivity contribution in [1.82, 2.24) is 0 Å². The largest absolute Gasteiger partial charge is 0.506 e. The first-order valence-corrected chi connectivity index (χ1v) is 10.5. The maximum atomic E-state index is 13.4. The van der Waals surface area contributed by atoms with Gasteiger partial charge in [0.15, 0.2) is 0 Å². The third-order valence-electron chi connectivity index (χ3n) is 4.81. The van der Waals surface area contributed by atoms with Gasteiger partial charge in [-0.2, -0.15) is 0 Å². The summed E-state index contributed by atoms with van der Waals surface area (Å²) in [4.78, 5) is 14.9. The van der Waals surface area contributed by atoms with Crippen LogP contribution in [0.4, 0.5) is 5.69 Å². The Morgan fingerprint density at radius 3 is 2.29 bits per heavy atom. The minimum absolute atomic E-state index is 0.0805. The molecule has 0 aliphatic carbocycles. The van der Waals surface area contributed by atoms with Gasteiger partial charge in [-0.05, 0) is 66.6 Å². The Morgan fingerprint density at radius 1 is 0.968 bits per heavy atom. The molecule has 0 unspecified atom stereocenters. The van der Waals surface area contributed by atoms with Crippen LogP contribution in [0, 0.1) is 0 Å². The van der Waals surface area contributed by atoms with Crippen LogP contribution in [-0.4, -0.2) is 17.6 Å². The minimum Gasteiger partial charge on any atom is -0.506 e. The smallest absolute Gasteiger partial charge is 0.263 e. The highest BCUT2D eigenvalue weighted by Gasteiger charge is 2.32. The Hall–Kier alpha value is -3.21. The molecule has 1 N–H and O–H groups in total. The van der Waals surface area contributed by atoms with Crippen molar-refractivity contribution >= 4 is 46.6 Å². The molecule has 0 saturated heterocycles. The van der Waals surface area contributed by atoms with Crippen LogP contribution >= 0.6 is 23.2 Å². The van der Waals surface area contributed by atoms with E-state index in [2.05, 4.69) is 0 Å². The number of hydrogen-bond acceptors (Lipinski definition) is 3. The van der Waals surface area contributed by atoms with E-state index >= 15 is 0 Å². The lowest BCUT2D eigenvalue weighted by molar-refractivity contribution is -0.113. The van der Waals surface area contributed by atoms with E-state index in [0.29, 0.717) is 33.6 Å². The number of carbonyl (C=O) groups is 1. The van der Waals surface area contributed by atoms with Gasteiger partial charge in [0, 0.05) is 21.7 Å². The van der Waals surface area contributed by atoms with Crippen LogP contribution in [0.1, 0.15) is 18.1 Å². The van der Waals surface area contributed by atoms with Crippen molar-refractivity contribution in [2.75, 3.05) is 11.5 Å². The Bertz CT molecular complexity index is 1180. The zero-order valence-corrected chi connectivity index (χ0v) is 18.2. The van der Waals surface area contributed by atoms with Crippen LogP contribution in [-0.2, 0) is 4.79 Å². The molecule has 0 radical (unpaired) electrons. The zero-order valence-electron chi connectivity index (χ0n) is 16.7. The Balaban J connectivity index is 1.78. The van der Waals surface area contributed by atoms with Gasteiger partial charge in [0.25, 0.3) is 5.91 Å². The molecule has 6 heteroatoms. The molecule has 0 aromatic heterocycles. The van der Waals surface area contributed by atoms with Crippen molar-refractivity contribution in [3.63, 3.8) is 0 Å².